The van der Waals surface area contributed by atoms with E-state index in [4.69, 9.17) is 16.0 Å². The number of benzene rings is 3. The predicted molar refractivity (Wildman–Crippen MR) is 149 cm³/mol. The lowest BCUT2D eigenvalue weighted by atomic mass is 10.1. The second-order valence-electron chi connectivity index (χ2n) is 9.23. The molecule has 1 aliphatic rings. The maximum Gasteiger partial charge on any atom is 0.291 e. The summed E-state index contributed by atoms with van der Waals surface area (Å²) in [6.07, 6.45) is 0. The summed E-state index contributed by atoms with van der Waals surface area (Å²) >= 11 is 5.92. The van der Waals surface area contributed by atoms with Crippen molar-refractivity contribution in [3.63, 3.8) is 0 Å². The van der Waals surface area contributed by atoms with Crippen LogP contribution in [0.2, 0.25) is 5.02 Å². The van der Waals surface area contributed by atoms with Gasteiger partial charge >= 0.3 is 0 Å². The van der Waals surface area contributed by atoms with Gasteiger partial charge in [-0.25, -0.2) is 0 Å². The Kier molecular flexibility index (Phi) is 7.33. The van der Waals surface area contributed by atoms with Gasteiger partial charge in [0.2, 0.25) is 0 Å². The molecule has 1 N–H and O–H groups in total. The number of hydrogen-bond donors (Lipinski definition) is 1. The molecular formula is C29H25ClN4O5. The van der Waals surface area contributed by atoms with Gasteiger partial charge in [-0.1, -0.05) is 17.7 Å². The van der Waals surface area contributed by atoms with Crippen LogP contribution in [0, 0.1) is 17.0 Å². The molecule has 10 heteroatoms. The van der Waals surface area contributed by atoms with Gasteiger partial charge in [-0.2, -0.15) is 0 Å². The molecule has 2 heterocycles. The molecule has 2 amide bonds. The van der Waals surface area contributed by atoms with Gasteiger partial charge in [0.25, 0.3) is 17.5 Å². The fourth-order valence-corrected chi connectivity index (χ4v) is 4.62. The summed E-state index contributed by atoms with van der Waals surface area (Å²) in [5, 5.41) is 14.8. The zero-order chi connectivity index (χ0) is 27.5. The summed E-state index contributed by atoms with van der Waals surface area (Å²) < 4.78 is 5.66. The molecule has 1 aromatic heterocycles. The van der Waals surface area contributed by atoms with Gasteiger partial charge < -0.3 is 19.5 Å². The van der Waals surface area contributed by atoms with Crippen LogP contribution < -0.4 is 10.2 Å². The number of rotatable bonds is 6. The quantitative estimate of drug-likeness (QED) is 0.234. The van der Waals surface area contributed by atoms with Gasteiger partial charge in [-0.3, -0.25) is 19.7 Å². The molecule has 0 atom stereocenters. The summed E-state index contributed by atoms with van der Waals surface area (Å²) in [6.45, 7) is 4.34. The average molecular weight is 545 g/mol. The predicted octanol–water partition coefficient (Wildman–Crippen LogP) is 6.03. The number of carbonyl (C=O) groups is 2. The first-order valence-corrected chi connectivity index (χ1v) is 12.7. The van der Waals surface area contributed by atoms with Crippen molar-refractivity contribution >= 4 is 40.5 Å². The molecule has 0 unspecified atom stereocenters. The Balaban J connectivity index is 1.19. The Hall–Kier alpha value is -4.63. The van der Waals surface area contributed by atoms with E-state index in [-0.39, 0.29) is 23.1 Å². The van der Waals surface area contributed by atoms with Crippen LogP contribution in [0.25, 0.3) is 11.3 Å². The first-order chi connectivity index (χ1) is 18.8. The molecule has 198 valence electrons. The van der Waals surface area contributed by atoms with Crippen molar-refractivity contribution in [1.29, 1.82) is 0 Å². The first-order valence-electron chi connectivity index (χ1n) is 12.3. The van der Waals surface area contributed by atoms with Crippen LogP contribution in [0.3, 0.4) is 0 Å². The SMILES string of the molecule is Cc1ccc(-c2ccc(C(=O)Nc3ccc(N4CCN(C(=O)c5ccc(Cl)cc5)CC4)cc3)o2)c([N+](=O)[O-])c1. The van der Waals surface area contributed by atoms with Crippen LogP contribution in [-0.4, -0.2) is 47.8 Å². The fourth-order valence-electron chi connectivity index (χ4n) is 4.50. The lowest BCUT2D eigenvalue weighted by Gasteiger charge is -2.36. The van der Waals surface area contributed by atoms with Gasteiger partial charge in [0, 0.05) is 54.2 Å². The second kappa shape index (κ2) is 11.0. The third-order valence-electron chi connectivity index (χ3n) is 6.59. The van der Waals surface area contributed by atoms with Crippen molar-refractivity contribution in [1.82, 2.24) is 4.90 Å². The highest BCUT2D eigenvalue weighted by Crippen LogP contribution is 2.32. The first kappa shape index (κ1) is 26.0. The average Bonchev–Trinajstić information content (AvgIpc) is 3.44. The Morgan fingerprint density at radius 2 is 1.62 bits per heavy atom. The van der Waals surface area contributed by atoms with E-state index in [1.165, 1.54) is 12.1 Å². The second-order valence-corrected chi connectivity index (χ2v) is 9.67. The number of furan rings is 1. The molecule has 4 aromatic rings. The third-order valence-corrected chi connectivity index (χ3v) is 6.85. The highest BCUT2D eigenvalue weighted by Gasteiger charge is 2.23. The molecule has 0 spiro atoms. The third kappa shape index (κ3) is 5.78. The van der Waals surface area contributed by atoms with E-state index in [0.717, 1.165) is 11.3 Å². The van der Waals surface area contributed by atoms with Crippen LogP contribution in [-0.2, 0) is 0 Å². The zero-order valence-electron chi connectivity index (χ0n) is 21.1. The van der Waals surface area contributed by atoms with Gasteiger partial charge in [0.1, 0.15) is 5.76 Å². The molecule has 0 saturated carbocycles. The molecule has 5 rings (SSSR count). The molecule has 1 saturated heterocycles. The number of anilines is 2. The number of nitro groups is 1. The number of nitrogens with zero attached hydrogens (tertiary/aromatic N) is 3. The number of carbonyl (C=O) groups excluding carboxylic acids is 2. The molecule has 1 aliphatic heterocycles. The topological polar surface area (TPSA) is 109 Å². The Morgan fingerprint density at radius 3 is 2.28 bits per heavy atom. The lowest BCUT2D eigenvalue weighted by Crippen LogP contribution is -2.48. The molecule has 9 nitrogen and oxygen atoms in total. The van der Waals surface area contributed by atoms with E-state index in [2.05, 4.69) is 10.2 Å². The summed E-state index contributed by atoms with van der Waals surface area (Å²) in [5.41, 5.74) is 3.17. The van der Waals surface area contributed by atoms with Crippen molar-refractivity contribution in [2.24, 2.45) is 0 Å². The normalized spacial score (nSPS) is 13.3. The van der Waals surface area contributed by atoms with Crippen molar-refractivity contribution in [3.05, 3.63) is 111 Å². The minimum absolute atomic E-state index is 0.0116. The largest absolute Gasteiger partial charge is 0.451 e. The molecule has 1 fully saturated rings. The van der Waals surface area contributed by atoms with Gasteiger partial charge in [0.05, 0.1) is 10.5 Å². The van der Waals surface area contributed by atoms with Gasteiger partial charge in [0.15, 0.2) is 5.76 Å². The van der Waals surface area contributed by atoms with E-state index < -0.39 is 10.8 Å². The molecule has 39 heavy (non-hydrogen) atoms. The summed E-state index contributed by atoms with van der Waals surface area (Å²) in [4.78, 5) is 40.5. The minimum atomic E-state index is -0.469. The molecule has 0 radical (unpaired) electrons. The minimum Gasteiger partial charge on any atom is -0.451 e. The van der Waals surface area contributed by atoms with E-state index in [0.29, 0.717) is 48.0 Å². The smallest absolute Gasteiger partial charge is 0.291 e. The Morgan fingerprint density at radius 1 is 0.923 bits per heavy atom. The number of hydrogen-bond acceptors (Lipinski definition) is 6. The van der Waals surface area contributed by atoms with Crippen molar-refractivity contribution in [3.8, 4) is 11.3 Å². The van der Waals surface area contributed by atoms with Gasteiger partial charge in [-0.15, -0.1) is 0 Å². The van der Waals surface area contributed by atoms with Crippen LogP contribution >= 0.6 is 11.6 Å². The molecule has 0 bridgehead atoms. The van der Waals surface area contributed by atoms with E-state index >= 15 is 0 Å². The summed E-state index contributed by atoms with van der Waals surface area (Å²) in [6, 6.07) is 22.2. The number of halogens is 1. The number of aryl methyl sites for hydroxylation is 1. The summed E-state index contributed by atoms with van der Waals surface area (Å²) in [5.74, 6) is -0.179. The molecule has 0 aliphatic carbocycles. The van der Waals surface area contributed by atoms with E-state index in [1.807, 2.05) is 17.0 Å². The Labute approximate surface area is 229 Å². The van der Waals surface area contributed by atoms with Crippen LogP contribution in [0.4, 0.5) is 17.1 Å². The standard InChI is InChI=1S/C29H25ClN4O5/c1-19-2-11-24(25(18-19)34(37)38)26-12-13-27(39-26)28(35)31-22-7-9-23(10-8-22)32-14-16-33(17-15-32)29(36)20-3-5-21(30)6-4-20/h2-13,18H,14-17H2,1H3,(H,31,35). The van der Waals surface area contributed by atoms with Crippen LogP contribution in [0.1, 0.15) is 26.5 Å². The fraction of sp³-hybridized carbons (Fsp3) is 0.172. The number of nitro benzene ring substituents is 1. The number of nitrogens with one attached hydrogen (secondary N) is 1. The molecule has 3 aromatic carbocycles. The van der Waals surface area contributed by atoms with Gasteiger partial charge in [-0.05, 0) is 79.2 Å². The van der Waals surface area contributed by atoms with E-state index in [9.17, 15) is 19.7 Å². The van der Waals surface area contributed by atoms with Crippen molar-refractivity contribution in [2.75, 3.05) is 36.4 Å². The van der Waals surface area contributed by atoms with Crippen LogP contribution in [0.15, 0.2) is 83.3 Å². The maximum absolute atomic E-state index is 12.8. The Bertz CT molecular complexity index is 1520. The van der Waals surface area contributed by atoms with Crippen molar-refractivity contribution < 1.29 is 18.9 Å². The highest BCUT2D eigenvalue weighted by atomic mass is 35.5. The monoisotopic (exact) mass is 544 g/mol. The zero-order valence-corrected chi connectivity index (χ0v) is 21.9. The number of amides is 2. The van der Waals surface area contributed by atoms with Crippen molar-refractivity contribution in [2.45, 2.75) is 6.92 Å². The lowest BCUT2D eigenvalue weighted by molar-refractivity contribution is -0.384. The summed E-state index contributed by atoms with van der Waals surface area (Å²) in [7, 11) is 0. The van der Waals surface area contributed by atoms with Crippen LogP contribution in [0.5, 0.6) is 0 Å². The van der Waals surface area contributed by atoms with E-state index in [1.54, 1.807) is 61.5 Å². The number of piperazine rings is 1. The highest BCUT2D eigenvalue weighted by molar-refractivity contribution is 6.30. The maximum atomic E-state index is 12.8. The molecular weight excluding hydrogens is 520 g/mol.